The van der Waals surface area contributed by atoms with Crippen molar-refractivity contribution in [3.8, 4) is 0 Å². The van der Waals surface area contributed by atoms with Gasteiger partial charge in [0.2, 0.25) is 0 Å². The molecule has 3 unspecified atom stereocenters. The fourth-order valence-electron chi connectivity index (χ4n) is 3.10. The first-order valence-corrected chi connectivity index (χ1v) is 7.94. The van der Waals surface area contributed by atoms with Gasteiger partial charge in [0.25, 0.3) is 0 Å². The second-order valence-electron chi connectivity index (χ2n) is 7.41. The standard InChI is InChI=1S/C16H32N2O2/c1-12-7-6-8-13(2)18(10-12)15(20)17-11-16(4,5)9-14(3)19/h12-14,19H,6-11H2,1-5H3,(H,17,20). The van der Waals surface area contributed by atoms with Crippen LogP contribution >= 0.6 is 0 Å². The van der Waals surface area contributed by atoms with Crippen LogP contribution in [0.5, 0.6) is 0 Å². The van der Waals surface area contributed by atoms with E-state index in [2.05, 4.69) is 33.0 Å². The molecule has 1 heterocycles. The molecule has 118 valence electrons. The number of amides is 2. The summed E-state index contributed by atoms with van der Waals surface area (Å²) in [4.78, 5) is 14.4. The zero-order valence-corrected chi connectivity index (χ0v) is 13.8. The highest BCUT2D eigenvalue weighted by Gasteiger charge is 2.27. The number of hydrogen-bond donors (Lipinski definition) is 2. The summed E-state index contributed by atoms with van der Waals surface area (Å²) in [5, 5.41) is 12.5. The summed E-state index contributed by atoms with van der Waals surface area (Å²) in [5.74, 6) is 0.580. The van der Waals surface area contributed by atoms with E-state index in [1.54, 1.807) is 6.92 Å². The number of carbonyl (C=O) groups is 1. The number of aliphatic hydroxyl groups is 1. The maximum absolute atomic E-state index is 12.4. The predicted molar refractivity (Wildman–Crippen MR) is 82.7 cm³/mol. The van der Waals surface area contributed by atoms with E-state index in [0.29, 0.717) is 24.9 Å². The molecule has 1 aliphatic heterocycles. The Morgan fingerprint density at radius 1 is 1.40 bits per heavy atom. The van der Waals surface area contributed by atoms with Gasteiger partial charge < -0.3 is 15.3 Å². The number of urea groups is 1. The van der Waals surface area contributed by atoms with E-state index in [9.17, 15) is 9.90 Å². The molecule has 4 heteroatoms. The summed E-state index contributed by atoms with van der Waals surface area (Å²) in [6, 6.07) is 0.366. The third-order valence-corrected chi connectivity index (χ3v) is 4.19. The molecule has 1 rings (SSSR count). The molecule has 0 spiro atoms. The minimum atomic E-state index is -0.334. The highest BCUT2D eigenvalue weighted by atomic mass is 16.3. The Labute approximate surface area is 123 Å². The summed E-state index contributed by atoms with van der Waals surface area (Å²) in [6.07, 6.45) is 3.87. The molecule has 2 amide bonds. The number of rotatable bonds is 4. The molecule has 4 nitrogen and oxygen atoms in total. The lowest BCUT2D eigenvalue weighted by molar-refractivity contribution is 0.124. The summed E-state index contributed by atoms with van der Waals surface area (Å²) in [7, 11) is 0. The van der Waals surface area contributed by atoms with Crippen LogP contribution in [0.3, 0.4) is 0 Å². The van der Waals surface area contributed by atoms with Gasteiger partial charge in [0, 0.05) is 19.1 Å². The molecule has 0 aromatic rings. The minimum Gasteiger partial charge on any atom is -0.393 e. The molecule has 0 aromatic carbocycles. The van der Waals surface area contributed by atoms with Crippen LogP contribution in [0.4, 0.5) is 4.79 Å². The lowest BCUT2D eigenvalue weighted by atomic mass is 9.87. The average Bonchev–Trinajstić information content (AvgIpc) is 2.47. The molecule has 0 saturated carbocycles. The maximum atomic E-state index is 12.4. The Morgan fingerprint density at radius 2 is 2.05 bits per heavy atom. The van der Waals surface area contributed by atoms with Gasteiger partial charge in [-0.3, -0.25) is 0 Å². The number of likely N-dealkylation sites (tertiary alicyclic amines) is 1. The Kier molecular flexibility index (Phi) is 6.31. The number of aliphatic hydroxyl groups excluding tert-OH is 1. The van der Waals surface area contributed by atoms with Gasteiger partial charge in [-0.2, -0.15) is 0 Å². The largest absolute Gasteiger partial charge is 0.393 e. The fraction of sp³-hybridized carbons (Fsp3) is 0.938. The smallest absolute Gasteiger partial charge is 0.317 e. The molecule has 3 atom stereocenters. The normalized spacial score (nSPS) is 26.0. The van der Waals surface area contributed by atoms with Gasteiger partial charge in [-0.05, 0) is 44.4 Å². The van der Waals surface area contributed by atoms with Crippen LogP contribution in [0, 0.1) is 11.3 Å². The Bertz CT molecular complexity index is 316. The number of nitrogens with zero attached hydrogens (tertiary/aromatic N) is 1. The van der Waals surface area contributed by atoms with E-state index in [4.69, 9.17) is 0 Å². The third-order valence-electron chi connectivity index (χ3n) is 4.19. The van der Waals surface area contributed by atoms with Gasteiger partial charge in [0.15, 0.2) is 0 Å². The van der Waals surface area contributed by atoms with Crippen LogP contribution in [-0.2, 0) is 0 Å². The number of nitrogens with one attached hydrogen (secondary N) is 1. The van der Waals surface area contributed by atoms with Gasteiger partial charge in [-0.25, -0.2) is 4.79 Å². The summed E-state index contributed by atoms with van der Waals surface area (Å²) in [6.45, 7) is 11.8. The number of hydrogen-bond acceptors (Lipinski definition) is 2. The van der Waals surface area contributed by atoms with Crippen molar-refractivity contribution in [2.24, 2.45) is 11.3 Å². The van der Waals surface area contributed by atoms with E-state index >= 15 is 0 Å². The zero-order chi connectivity index (χ0) is 15.3. The SMILES string of the molecule is CC(O)CC(C)(C)CNC(=O)N1CC(C)CCCC1C. The average molecular weight is 284 g/mol. The van der Waals surface area contributed by atoms with Crippen LogP contribution in [0.15, 0.2) is 0 Å². The van der Waals surface area contributed by atoms with Crippen molar-refractivity contribution in [2.45, 2.75) is 72.4 Å². The molecular formula is C16H32N2O2. The van der Waals surface area contributed by atoms with Crippen molar-refractivity contribution in [3.63, 3.8) is 0 Å². The molecule has 0 radical (unpaired) electrons. The predicted octanol–water partition coefficient (Wildman–Crippen LogP) is 3.00. The molecule has 1 saturated heterocycles. The first-order chi connectivity index (χ1) is 9.21. The van der Waals surface area contributed by atoms with Crippen LogP contribution < -0.4 is 5.32 Å². The van der Waals surface area contributed by atoms with Crippen LogP contribution in [0.25, 0.3) is 0 Å². The third kappa shape index (κ3) is 5.70. The Morgan fingerprint density at radius 3 is 2.65 bits per heavy atom. The summed E-state index contributed by atoms with van der Waals surface area (Å²) >= 11 is 0. The molecule has 1 aliphatic rings. The highest BCUT2D eigenvalue weighted by molar-refractivity contribution is 5.74. The van der Waals surface area contributed by atoms with Gasteiger partial charge in [0.1, 0.15) is 0 Å². The van der Waals surface area contributed by atoms with Crippen molar-refractivity contribution in [1.29, 1.82) is 0 Å². The van der Waals surface area contributed by atoms with Crippen molar-refractivity contribution in [1.82, 2.24) is 10.2 Å². The molecule has 0 bridgehead atoms. The second-order valence-corrected chi connectivity index (χ2v) is 7.41. The van der Waals surface area contributed by atoms with Crippen molar-refractivity contribution in [2.75, 3.05) is 13.1 Å². The minimum absolute atomic E-state index is 0.0462. The molecule has 0 aliphatic carbocycles. The van der Waals surface area contributed by atoms with Crippen molar-refractivity contribution in [3.05, 3.63) is 0 Å². The lowest BCUT2D eigenvalue weighted by Crippen LogP contribution is -2.48. The number of carbonyl (C=O) groups excluding carboxylic acids is 1. The van der Waals surface area contributed by atoms with Crippen molar-refractivity contribution >= 4 is 6.03 Å². The second kappa shape index (κ2) is 7.30. The Balaban J connectivity index is 2.52. The van der Waals surface area contributed by atoms with Crippen LogP contribution in [0.2, 0.25) is 0 Å². The molecule has 1 fully saturated rings. The molecular weight excluding hydrogens is 252 g/mol. The maximum Gasteiger partial charge on any atom is 0.317 e. The summed E-state index contributed by atoms with van der Waals surface area (Å²) in [5.41, 5.74) is -0.0788. The quantitative estimate of drug-likeness (QED) is 0.834. The van der Waals surface area contributed by atoms with Gasteiger partial charge in [-0.1, -0.05) is 27.2 Å². The Hall–Kier alpha value is -0.770. The molecule has 2 N–H and O–H groups in total. The van der Waals surface area contributed by atoms with Gasteiger partial charge >= 0.3 is 6.03 Å². The summed E-state index contributed by atoms with van der Waals surface area (Å²) < 4.78 is 0. The van der Waals surface area contributed by atoms with Crippen LogP contribution in [0.1, 0.15) is 60.3 Å². The van der Waals surface area contributed by atoms with Gasteiger partial charge in [-0.15, -0.1) is 0 Å². The van der Waals surface area contributed by atoms with Crippen molar-refractivity contribution < 1.29 is 9.90 Å². The zero-order valence-electron chi connectivity index (χ0n) is 13.8. The van der Waals surface area contributed by atoms with E-state index in [-0.39, 0.29) is 17.6 Å². The van der Waals surface area contributed by atoms with E-state index < -0.39 is 0 Å². The lowest BCUT2D eigenvalue weighted by Gasteiger charge is -2.32. The van der Waals surface area contributed by atoms with E-state index in [1.165, 1.54) is 12.8 Å². The topological polar surface area (TPSA) is 52.6 Å². The first-order valence-electron chi connectivity index (χ1n) is 7.94. The van der Waals surface area contributed by atoms with E-state index in [1.807, 2.05) is 4.90 Å². The molecule has 20 heavy (non-hydrogen) atoms. The monoisotopic (exact) mass is 284 g/mol. The fourth-order valence-corrected chi connectivity index (χ4v) is 3.10. The van der Waals surface area contributed by atoms with Gasteiger partial charge in [0.05, 0.1) is 6.10 Å². The van der Waals surface area contributed by atoms with E-state index in [0.717, 1.165) is 13.0 Å². The first kappa shape index (κ1) is 17.3. The van der Waals surface area contributed by atoms with Crippen LogP contribution in [-0.4, -0.2) is 41.3 Å². The molecule has 0 aromatic heterocycles. The highest BCUT2D eigenvalue weighted by Crippen LogP contribution is 2.23.